The SMILES string of the molecule is O=c1c2ccccc2c2ccc(-c3cccc4c3ccc3cc5ccccc5cc34)cc2n1-c1ccccc1. The summed E-state index contributed by atoms with van der Waals surface area (Å²) in [5.41, 5.74) is 4.02. The van der Waals surface area contributed by atoms with E-state index in [4.69, 9.17) is 0 Å². The molecule has 39 heavy (non-hydrogen) atoms. The zero-order chi connectivity index (χ0) is 25.9. The number of pyridine rings is 1. The lowest BCUT2D eigenvalue weighted by Crippen LogP contribution is -2.19. The third-order valence-electron chi connectivity index (χ3n) is 7.96. The first kappa shape index (κ1) is 21.8. The Kier molecular flexibility index (Phi) is 4.71. The zero-order valence-corrected chi connectivity index (χ0v) is 21.1. The minimum absolute atomic E-state index is 0.00255. The van der Waals surface area contributed by atoms with Crippen LogP contribution in [0.2, 0.25) is 0 Å². The smallest absolute Gasteiger partial charge is 0.263 e. The van der Waals surface area contributed by atoms with Gasteiger partial charge in [0.2, 0.25) is 0 Å². The quantitative estimate of drug-likeness (QED) is 0.172. The third kappa shape index (κ3) is 3.32. The molecule has 0 saturated carbocycles. The lowest BCUT2D eigenvalue weighted by Gasteiger charge is -2.16. The summed E-state index contributed by atoms with van der Waals surface area (Å²) in [7, 11) is 0. The zero-order valence-electron chi connectivity index (χ0n) is 21.1. The van der Waals surface area contributed by atoms with Gasteiger partial charge >= 0.3 is 0 Å². The highest BCUT2D eigenvalue weighted by atomic mass is 16.1. The molecule has 1 aromatic heterocycles. The molecule has 0 aliphatic rings. The number of rotatable bonds is 2. The summed E-state index contributed by atoms with van der Waals surface area (Å²) in [4.78, 5) is 13.8. The van der Waals surface area contributed by atoms with Crippen LogP contribution in [0.1, 0.15) is 0 Å². The van der Waals surface area contributed by atoms with Crippen LogP contribution in [0.15, 0.2) is 144 Å². The van der Waals surface area contributed by atoms with E-state index in [1.165, 1.54) is 32.3 Å². The van der Waals surface area contributed by atoms with Gasteiger partial charge in [-0.3, -0.25) is 9.36 Å². The molecule has 0 bridgehead atoms. The second kappa shape index (κ2) is 8.41. The van der Waals surface area contributed by atoms with Crippen molar-refractivity contribution in [1.82, 2.24) is 4.57 Å². The van der Waals surface area contributed by atoms with E-state index in [0.717, 1.165) is 38.5 Å². The first-order chi connectivity index (χ1) is 19.3. The van der Waals surface area contributed by atoms with Gasteiger partial charge in [0.15, 0.2) is 0 Å². The Morgan fingerprint density at radius 3 is 1.92 bits per heavy atom. The Labute approximate surface area is 225 Å². The minimum atomic E-state index is -0.00255. The average Bonchev–Trinajstić information content (AvgIpc) is 3.00. The van der Waals surface area contributed by atoms with E-state index in [-0.39, 0.29) is 5.56 Å². The molecular formula is C37H23NO. The lowest BCUT2D eigenvalue weighted by molar-refractivity contribution is 1.06. The highest BCUT2D eigenvalue weighted by Gasteiger charge is 2.14. The topological polar surface area (TPSA) is 22.0 Å². The first-order valence-corrected chi connectivity index (χ1v) is 13.2. The maximum absolute atomic E-state index is 13.8. The van der Waals surface area contributed by atoms with Crippen molar-refractivity contribution in [2.75, 3.05) is 0 Å². The van der Waals surface area contributed by atoms with Gasteiger partial charge in [-0.25, -0.2) is 0 Å². The summed E-state index contributed by atoms with van der Waals surface area (Å²) in [6.07, 6.45) is 0. The number of hydrogen-bond donors (Lipinski definition) is 0. The van der Waals surface area contributed by atoms with E-state index < -0.39 is 0 Å². The Hall–Kier alpha value is -5.21. The molecule has 8 rings (SSSR count). The van der Waals surface area contributed by atoms with Crippen LogP contribution >= 0.6 is 0 Å². The van der Waals surface area contributed by atoms with Crippen molar-refractivity contribution in [2.24, 2.45) is 0 Å². The predicted molar refractivity (Wildman–Crippen MR) is 165 cm³/mol. The number of para-hydroxylation sites is 1. The van der Waals surface area contributed by atoms with Crippen LogP contribution in [0.3, 0.4) is 0 Å². The van der Waals surface area contributed by atoms with Gasteiger partial charge in [0, 0.05) is 16.5 Å². The van der Waals surface area contributed by atoms with E-state index in [1.807, 2.05) is 59.2 Å². The molecule has 0 N–H and O–H groups in total. The molecule has 0 unspecified atom stereocenters. The molecule has 0 radical (unpaired) electrons. The fourth-order valence-electron chi connectivity index (χ4n) is 6.11. The number of hydrogen-bond acceptors (Lipinski definition) is 1. The standard InChI is InChI=1S/C37H23NO/c39-37-34-14-7-6-13-31(34)33-20-18-27(23-36(33)38(37)28-11-2-1-3-12-28)29-15-8-16-30-32(29)19-17-26-21-24-9-4-5-10-25(24)22-35(26)30/h1-23H. The van der Waals surface area contributed by atoms with Crippen molar-refractivity contribution < 1.29 is 0 Å². The summed E-state index contributed by atoms with van der Waals surface area (Å²) >= 11 is 0. The fourth-order valence-corrected chi connectivity index (χ4v) is 6.11. The number of nitrogens with zero attached hydrogens (tertiary/aromatic N) is 1. The Morgan fingerprint density at radius 2 is 1.08 bits per heavy atom. The van der Waals surface area contributed by atoms with Crippen molar-refractivity contribution >= 4 is 54.0 Å². The van der Waals surface area contributed by atoms with Crippen LogP contribution < -0.4 is 5.56 Å². The van der Waals surface area contributed by atoms with Gasteiger partial charge in [-0.2, -0.15) is 0 Å². The van der Waals surface area contributed by atoms with E-state index >= 15 is 0 Å². The van der Waals surface area contributed by atoms with Gasteiger partial charge in [0.1, 0.15) is 0 Å². The lowest BCUT2D eigenvalue weighted by atomic mass is 9.92. The highest BCUT2D eigenvalue weighted by Crippen LogP contribution is 2.37. The molecule has 8 aromatic rings. The Balaban J connectivity index is 1.44. The highest BCUT2D eigenvalue weighted by molar-refractivity contribution is 6.16. The van der Waals surface area contributed by atoms with Gasteiger partial charge in [-0.05, 0) is 85.2 Å². The van der Waals surface area contributed by atoms with E-state index in [1.54, 1.807) is 0 Å². The van der Waals surface area contributed by atoms with Gasteiger partial charge in [0.25, 0.3) is 5.56 Å². The van der Waals surface area contributed by atoms with Gasteiger partial charge in [-0.15, -0.1) is 0 Å². The molecule has 2 nitrogen and oxygen atoms in total. The monoisotopic (exact) mass is 497 g/mol. The normalized spacial score (nSPS) is 11.7. The second-order valence-electron chi connectivity index (χ2n) is 10.1. The maximum atomic E-state index is 13.8. The first-order valence-electron chi connectivity index (χ1n) is 13.2. The van der Waals surface area contributed by atoms with Crippen molar-refractivity contribution in [3.63, 3.8) is 0 Å². The van der Waals surface area contributed by atoms with Crippen molar-refractivity contribution in [3.05, 3.63) is 150 Å². The second-order valence-corrected chi connectivity index (χ2v) is 10.1. The summed E-state index contributed by atoms with van der Waals surface area (Å²) in [5.74, 6) is 0. The van der Waals surface area contributed by atoms with Crippen LogP contribution in [-0.4, -0.2) is 4.57 Å². The molecule has 1 heterocycles. The number of aromatic nitrogens is 1. The predicted octanol–water partition coefficient (Wildman–Crippen LogP) is 9.27. The average molecular weight is 498 g/mol. The summed E-state index contributed by atoms with van der Waals surface area (Å²) in [5, 5.41) is 10.2. The molecule has 2 heteroatoms. The minimum Gasteiger partial charge on any atom is -0.276 e. The fraction of sp³-hybridized carbons (Fsp3) is 0. The van der Waals surface area contributed by atoms with Gasteiger partial charge in [-0.1, -0.05) is 103 Å². The maximum Gasteiger partial charge on any atom is 0.263 e. The van der Waals surface area contributed by atoms with E-state index in [9.17, 15) is 4.79 Å². The van der Waals surface area contributed by atoms with Crippen LogP contribution in [-0.2, 0) is 0 Å². The summed E-state index contributed by atoms with van der Waals surface area (Å²) in [6.45, 7) is 0. The number of benzene rings is 7. The molecule has 0 amide bonds. The van der Waals surface area contributed by atoms with E-state index in [2.05, 4.69) is 84.9 Å². The van der Waals surface area contributed by atoms with Crippen LogP contribution in [0, 0.1) is 0 Å². The molecule has 0 fully saturated rings. The van der Waals surface area contributed by atoms with Crippen LogP contribution in [0.4, 0.5) is 0 Å². The van der Waals surface area contributed by atoms with Crippen LogP contribution in [0.25, 0.3) is 70.8 Å². The van der Waals surface area contributed by atoms with Crippen molar-refractivity contribution in [2.45, 2.75) is 0 Å². The van der Waals surface area contributed by atoms with E-state index in [0.29, 0.717) is 0 Å². The molecule has 0 saturated heterocycles. The Bertz CT molecular complexity index is 2290. The van der Waals surface area contributed by atoms with Crippen molar-refractivity contribution in [1.29, 1.82) is 0 Å². The molecule has 0 spiro atoms. The molecule has 0 aliphatic heterocycles. The van der Waals surface area contributed by atoms with Gasteiger partial charge in [0.05, 0.1) is 5.52 Å². The molecule has 182 valence electrons. The largest absolute Gasteiger partial charge is 0.276 e. The molecule has 7 aromatic carbocycles. The molecule has 0 atom stereocenters. The molecular weight excluding hydrogens is 474 g/mol. The Morgan fingerprint density at radius 1 is 0.410 bits per heavy atom. The van der Waals surface area contributed by atoms with Gasteiger partial charge < -0.3 is 0 Å². The summed E-state index contributed by atoms with van der Waals surface area (Å²) in [6, 6.07) is 48.5. The molecule has 0 aliphatic carbocycles. The van der Waals surface area contributed by atoms with Crippen molar-refractivity contribution in [3.8, 4) is 16.8 Å². The third-order valence-corrected chi connectivity index (χ3v) is 7.96. The summed E-state index contributed by atoms with van der Waals surface area (Å²) < 4.78 is 1.85. The van der Waals surface area contributed by atoms with Crippen LogP contribution in [0.5, 0.6) is 0 Å². The number of fused-ring (bicyclic) bond motifs is 7.